The minimum absolute atomic E-state index is 0.00417. The van der Waals surface area contributed by atoms with Crippen LogP contribution in [0.1, 0.15) is 0 Å². The molecule has 0 atom stereocenters. The predicted molar refractivity (Wildman–Crippen MR) is 46.1 cm³/mol. The van der Waals surface area contributed by atoms with E-state index in [1.54, 1.807) is 0 Å². The summed E-state index contributed by atoms with van der Waals surface area (Å²) in [5.74, 6) is -0.806. The van der Waals surface area contributed by atoms with Gasteiger partial charge in [0.25, 0.3) is 0 Å². The zero-order valence-corrected chi connectivity index (χ0v) is 6.55. The summed E-state index contributed by atoms with van der Waals surface area (Å²) in [6.45, 7) is 0. The molecule has 0 heterocycles. The molecule has 68 valence electrons. The SMILES string of the molecule is OB(O)c1ccc(F)c(B(O)O)c1. The summed E-state index contributed by atoms with van der Waals surface area (Å²) in [4.78, 5) is 0. The molecular weight excluding hydrogens is 177 g/mol. The lowest BCUT2D eigenvalue weighted by atomic mass is 9.72. The molecule has 1 aromatic carbocycles. The van der Waals surface area contributed by atoms with E-state index in [4.69, 9.17) is 20.1 Å². The highest BCUT2D eigenvalue weighted by atomic mass is 19.1. The van der Waals surface area contributed by atoms with Gasteiger partial charge in [-0.3, -0.25) is 0 Å². The first-order valence-electron chi connectivity index (χ1n) is 3.54. The average Bonchev–Trinajstić information content (AvgIpc) is 2.04. The molecule has 4 N–H and O–H groups in total. The highest BCUT2D eigenvalue weighted by molar-refractivity contribution is 6.62. The molecular formula is C6H7B2FO4. The van der Waals surface area contributed by atoms with E-state index in [0.717, 1.165) is 18.2 Å². The molecule has 0 saturated carbocycles. The molecule has 4 nitrogen and oxygen atoms in total. The van der Waals surface area contributed by atoms with Gasteiger partial charge in [-0.15, -0.1) is 0 Å². The van der Waals surface area contributed by atoms with Gasteiger partial charge in [0.1, 0.15) is 5.82 Å². The van der Waals surface area contributed by atoms with Crippen LogP contribution in [0.15, 0.2) is 18.2 Å². The zero-order chi connectivity index (χ0) is 10.0. The molecule has 13 heavy (non-hydrogen) atoms. The smallest absolute Gasteiger partial charge is 0.423 e. The lowest BCUT2D eigenvalue weighted by molar-refractivity contribution is 0.423. The molecule has 1 rings (SSSR count). The Morgan fingerprint density at radius 3 is 2.08 bits per heavy atom. The predicted octanol–water partition coefficient (Wildman–Crippen LogP) is -2.81. The van der Waals surface area contributed by atoms with Crippen molar-refractivity contribution >= 4 is 25.2 Å². The van der Waals surface area contributed by atoms with Crippen molar-refractivity contribution in [3.05, 3.63) is 24.0 Å². The van der Waals surface area contributed by atoms with Gasteiger partial charge < -0.3 is 20.1 Å². The second-order valence-corrected chi connectivity index (χ2v) is 2.53. The van der Waals surface area contributed by atoms with Crippen LogP contribution >= 0.6 is 0 Å². The van der Waals surface area contributed by atoms with E-state index in [1.807, 2.05) is 0 Å². The number of rotatable bonds is 2. The van der Waals surface area contributed by atoms with Gasteiger partial charge in [-0.2, -0.15) is 0 Å². The van der Waals surface area contributed by atoms with Crippen molar-refractivity contribution in [1.29, 1.82) is 0 Å². The molecule has 0 bridgehead atoms. The lowest BCUT2D eigenvalue weighted by Crippen LogP contribution is -2.39. The Labute approximate surface area is 74.6 Å². The number of hydrogen-bond donors (Lipinski definition) is 4. The van der Waals surface area contributed by atoms with Crippen LogP contribution in [0.2, 0.25) is 0 Å². The van der Waals surface area contributed by atoms with E-state index in [0.29, 0.717) is 0 Å². The Morgan fingerprint density at radius 2 is 1.62 bits per heavy atom. The summed E-state index contributed by atoms with van der Waals surface area (Å²) >= 11 is 0. The van der Waals surface area contributed by atoms with Crippen molar-refractivity contribution in [2.45, 2.75) is 0 Å². The second kappa shape index (κ2) is 3.89. The van der Waals surface area contributed by atoms with Crippen molar-refractivity contribution in [1.82, 2.24) is 0 Å². The molecule has 0 amide bonds. The Kier molecular flexibility index (Phi) is 3.05. The third-order valence-corrected chi connectivity index (χ3v) is 1.60. The molecule has 1 aromatic rings. The summed E-state index contributed by atoms with van der Waals surface area (Å²) in [6, 6.07) is 3.06. The lowest BCUT2D eigenvalue weighted by Gasteiger charge is -2.04. The molecule has 0 fully saturated rings. The van der Waals surface area contributed by atoms with Crippen molar-refractivity contribution in [2.75, 3.05) is 0 Å². The van der Waals surface area contributed by atoms with Crippen molar-refractivity contribution in [3.63, 3.8) is 0 Å². The van der Waals surface area contributed by atoms with E-state index in [-0.39, 0.29) is 10.9 Å². The number of halogens is 1. The maximum Gasteiger partial charge on any atom is 0.491 e. The first-order valence-corrected chi connectivity index (χ1v) is 3.54. The van der Waals surface area contributed by atoms with Crippen LogP contribution in [0.3, 0.4) is 0 Å². The molecule has 0 aromatic heterocycles. The Balaban J connectivity index is 3.11. The molecule has 0 radical (unpaired) electrons. The van der Waals surface area contributed by atoms with E-state index in [2.05, 4.69) is 0 Å². The van der Waals surface area contributed by atoms with E-state index >= 15 is 0 Å². The highest BCUT2D eigenvalue weighted by Gasteiger charge is 2.20. The summed E-state index contributed by atoms with van der Waals surface area (Å²) in [5, 5.41) is 34.7. The Hall–Kier alpha value is -0.880. The molecule has 0 aliphatic rings. The minimum Gasteiger partial charge on any atom is -0.423 e. The maximum absolute atomic E-state index is 12.8. The molecule has 7 heteroatoms. The fourth-order valence-electron chi connectivity index (χ4n) is 0.921. The quantitative estimate of drug-likeness (QED) is 0.373. The summed E-state index contributed by atoms with van der Waals surface area (Å²) < 4.78 is 12.8. The highest BCUT2D eigenvalue weighted by Crippen LogP contribution is 1.92. The van der Waals surface area contributed by atoms with Crippen molar-refractivity contribution < 1.29 is 24.5 Å². The Morgan fingerprint density at radius 1 is 1.00 bits per heavy atom. The van der Waals surface area contributed by atoms with Crippen LogP contribution < -0.4 is 10.9 Å². The molecule has 0 aliphatic carbocycles. The van der Waals surface area contributed by atoms with E-state index in [9.17, 15) is 4.39 Å². The van der Waals surface area contributed by atoms with Crippen LogP contribution in [-0.4, -0.2) is 34.3 Å². The van der Waals surface area contributed by atoms with Gasteiger partial charge in [-0.05, 0) is 11.5 Å². The third kappa shape index (κ3) is 2.28. The van der Waals surface area contributed by atoms with E-state index < -0.39 is 20.1 Å². The van der Waals surface area contributed by atoms with Gasteiger partial charge >= 0.3 is 14.2 Å². The maximum atomic E-state index is 12.8. The van der Waals surface area contributed by atoms with Gasteiger partial charge in [-0.1, -0.05) is 12.1 Å². The second-order valence-electron chi connectivity index (χ2n) is 2.53. The van der Waals surface area contributed by atoms with Gasteiger partial charge in [0, 0.05) is 5.46 Å². The van der Waals surface area contributed by atoms with Crippen LogP contribution in [-0.2, 0) is 0 Å². The molecule has 0 saturated heterocycles. The summed E-state index contributed by atoms with van der Waals surface area (Å²) in [6.07, 6.45) is 0. The van der Waals surface area contributed by atoms with Gasteiger partial charge in [0.05, 0.1) is 0 Å². The first-order chi connectivity index (χ1) is 6.02. The van der Waals surface area contributed by atoms with Crippen molar-refractivity contribution in [3.8, 4) is 0 Å². The number of benzene rings is 1. The van der Waals surface area contributed by atoms with Crippen molar-refractivity contribution in [2.24, 2.45) is 0 Å². The van der Waals surface area contributed by atoms with E-state index in [1.165, 1.54) is 0 Å². The average molecular weight is 184 g/mol. The molecule has 0 unspecified atom stereocenters. The fourth-order valence-corrected chi connectivity index (χ4v) is 0.921. The van der Waals surface area contributed by atoms with Gasteiger partial charge in [0.15, 0.2) is 0 Å². The normalized spacial score (nSPS) is 9.92. The van der Waals surface area contributed by atoms with Crippen LogP contribution in [0.5, 0.6) is 0 Å². The Bertz CT molecular complexity index is 305. The monoisotopic (exact) mass is 184 g/mol. The molecule has 0 aliphatic heterocycles. The fraction of sp³-hybridized carbons (Fsp3) is 0. The van der Waals surface area contributed by atoms with Crippen LogP contribution in [0.25, 0.3) is 0 Å². The largest absolute Gasteiger partial charge is 0.491 e. The standard InChI is InChI=1S/C6H7B2FO4/c9-6-2-1-4(7(10)11)3-5(6)8(12)13/h1-3,10-13H. The van der Waals surface area contributed by atoms with Crippen LogP contribution in [0, 0.1) is 5.82 Å². The van der Waals surface area contributed by atoms with Gasteiger partial charge in [-0.25, -0.2) is 4.39 Å². The minimum atomic E-state index is -1.96. The third-order valence-electron chi connectivity index (χ3n) is 1.60. The number of hydrogen-bond acceptors (Lipinski definition) is 4. The van der Waals surface area contributed by atoms with Gasteiger partial charge in [0.2, 0.25) is 0 Å². The topological polar surface area (TPSA) is 80.9 Å². The molecule has 0 spiro atoms. The first kappa shape index (κ1) is 10.2. The summed E-state index contributed by atoms with van der Waals surface area (Å²) in [7, 11) is -3.71. The zero-order valence-electron chi connectivity index (χ0n) is 6.55. The summed E-state index contributed by atoms with van der Waals surface area (Å²) in [5.41, 5.74) is -0.380. The van der Waals surface area contributed by atoms with Crippen LogP contribution in [0.4, 0.5) is 4.39 Å².